The molecular formula is C31H28N2O4S. The van der Waals surface area contributed by atoms with Crippen LogP contribution in [0.2, 0.25) is 0 Å². The van der Waals surface area contributed by atoms with E-state index in [1.54, 1.807) is 18.2 Å². The molecule has 1 fully saturated rings. The highest BCUT2D eigenvalue weighted by atomic mass is 32.2. The summed E-state index contributed by atoms with van der Waals surface area (Å²) in [6.45, 7) is 5.04. The number of fused-ring (bicyclic) bond motifs is 1. The molecule has 2 heterocycles. The first-order chi connectivity index (χ1) is 18.4. The van der Waals surface area contributed by atoms with E-state index < -0.39 is 11.1 Å². The van der Waals surface area contributed by atoms with Crippen molar-refractivity contribution in [2.45, 2.75) is 26.8 Å². The molecule has 38 heavy (non-hydrogen) atoms. The Balaban J connectivity index is 1.29. The Bertz CT molecular complexity index is 1530. The van der Waals surface area contributed by atoms with Gasteiger partial charge in [0.15, 0.2) is 5.78 Å². The molecule has 1 saturated heterocycles. The van der Waals surface area contributed by atoms with E-state index in [0.29, 0.717) is 17.1 Å². The van der Waals surface area contributed by atoms with E-state index >= 15 is 0 Å². The van der Waals surface area contributed by atoms with E-state index in [1.165, 1.54) is 5.56 Å². The standard InChI is InChI=1S/C31H28N2O4S/c1-21-8-12-23(13-9-21)28(34)20-33-30(35)29(38-31(33)36)18-24-19-32(27-7-4-3-6-26(24)27)16-5-17-37-25-14-10-22(2)11-15-25/h3-4,6-15,18-19H,5,16-17,20H2,1-2H3/b29-18-. The molecule has 2 amide bonds. The van der Waals surface area contributed by atoms with Crippen molar-refractivity contribution in [1.82, 2.24) is 9.47 Å². The number of carbonyl (C=O) groups is 3. The highest BCUT2D eigenvalue weighted by Crippen LogP contribution is 2.34. The van der Waals surface area contributed by atoms with Crippen molar-refractivity contribution in [2.75, 3.05) is 13.2 Å². The van der Waals surface area contributed by atoms with Crippen molar-refractivity contribution in [3.63, 3.8) is 0 Å². The number of para-hydroxylation sites is 1. The van der Waals surface area contributed by atoms with Gasteiger partial charge in [-0.05, 0) is 56.3 Å². The predicted octanol–water partition coefficient (Wildman–Crippen LogP) is 6.65. The minimum Gasteiger partial charge on any atom is -0.494 e. The summed E-state index contributed by atoms with van der Waals surface area (Å²) in [5.74, 6) is 0.145. The minimum atomic E-state index is -0.441. The van der Waals surface area contributed by atoms with E-state index in [4.69, 9.17) is 4.74 Å². The zero-order valence-corrected chi connectivity index (χ0v) is 22.2. The smallest absolute Gasteiger partial charge is 0.293 e. The number of amides is 2. The van der Waals surface area contributed by atoms with Gasteiger partial charge < -0.3 is 9.30 Å². The number of carbonyl (C=O) groups excluding carboxylic acids is 3. The average molecular weight is 525 g/mol. The fraction of sp³-hybridized carbons (Fsp3) is 0.194. The molecule has 192 valence electrons. The highest BCUT2D eigenvalue weighted by molar-refractivity contribution is 8.18. The fourth-order valence-electron chi connectivity index (χ4n) is 4.39. The second-order valence-corrected chi connectivity index (χ2v) is 10.4. The third-order valence-electron chi connectivity index (χ3n) is 6.49. The van der Waals surface area contributed by atoms with Crippen LogP contribution < -0.4 is 4.74 Å². The molecule has 0 atom stereocenters. The summed E-state index contributed by atoms with van der Waals surface area (Å²) in [7, 11) is 0. The van der Waals surface area contributed by atoms with Crippen LogP contribution in [0.15, 0.2) is 83.9 Å². The largest absolute Gasteiger partial charge is 0.494 e. The zero-order chi connectivity index (χ0) is 26.6. The molecule has 0 unspecified atom stereocenters. The number of benzene rings is 3. The Hall–Kier alpha value is -4.10. The van der Waals surface area contributed by atoms with E-state index in [2.05, 4.69) is 4.57 Å². The lowest BCUT2D eigenvalue weighted by Gasteiger charge is -2.11. The quantitative estimate of drug-likeness (QED) is 0.139. The number of nitrogens with zero attached hydrogens (tertiary/aromatic N) is 2. The van der Waals surface area contributed by atoms with Gasteiger partial charge in [0.1, 0.15) is 5.75 Å². The average Bonchev–Trinajstić information content (AvgIpc) is 3.40. The summed E-state index contributed by atoms with van der Waals surface area (Å²) in [6.07, 6.45) is 4.56. The summed E-state index contributed by atoms with van der Waals surface area (Å²) < 4.78 is 8.02. The number of Topliss-reactive ketones (excluding diaryl/α,β-unsaturated/α-hetero) is 1. The Labute approximate surface area is 225 Å². The van der Waals surface area contributed by atoms with Crippen LogP contribution >= 0.6 is 11.8 Å². The van der Waals surface area contributed by atoms with Gasteiger partial charge in [-0.25, -0.2) is 0 Å². The molecule has 6 nitrogen and oxygen atoms in total. The maximum Gasteiger partial charge on any atom is 0.293 e. The first-order valence-electron chi connectivity index (χ1n) is 12.5. The van der Waals surface area contributed by atoms with Crippen LogP contribution in [0.4, 0.5) is 4.79 Å². The van der Waals surface area contributed by atoms with Gasteiger partial charge in [-0.2, -0.15) is 0 Å². The minimum absolute atomic E-state index is 0.266. The first-order valence-corrected chi connectivity index (χ1v) is 13.3. The highest BCUT2D eigenvalue weighted by Gasteiger charge is 2.36. The molecule has 5 rings (SSSR count). The van der Waals surface area contributed by atoms with Crippen LogP contribution in [0.5, 0.6) is 5.75 Å². The number of ether oxygens (including phenoxy) is 1. The van der Waals surface area contributed by atoms with Crippen molar-refractivity contribution in [1.29, 1.82) is 0 Å². The lowest BCUT2D eigenvalue weighted by Crippen LogP contribution is -2.33. The molecule has 7 heteroatoms. The zero-order valence-electron chi connectivity index (χ0n) is 21.3. The van der Waals surface area contributed by atoms with Crippen molar-refractivity contribution >= 4 is 45.7 Å². The molecule has 3 aromatic carbocycles. The second-order valence-electron chi connectivity index (χ2n) is 9.37. The molecular weight excluding hydrogens is 496 g/mol. The summed E-state index contributed by atoms with van der Waals surface area (Å²) in [4.78, 5) is 39.8. The summed E-state index contributed by atoms with van der Waals surface area (Å²) in [6, 6.07) is 23.1. The lowest BCUT2D eigenvalue weighted by molar-refractivity contribution is -0.122. The van der Waals surface area contributed by atoms with Crippen molar-refractivity contribution in [3.8, 4) is 5.75 Å². The normalized spacial score (nSPS) is 14.6. The van der Waals surface area contributed by atoms with Gasteiger partial charge in [-0.15, -0.1) is 0 Å². The van der Waals surface area contributed by atoms with Gasteiger partial charge >= 0.3 is 0 Å². The van der Waals surface area contributed by atoms with Gasteiger partial charge in [0.2, 0.25) is 0 Å². The third kappa shape index (κ3) is 5.58. The van der Waals surface area contributed by atoms with Crippen LogP contribution in [0.25, 0.3) is 17.0 Å². The maximum atomic E-state index is 13.1. The predicted molar refractivity (Wildman–Crippen MR) is 151 cm³/mol. The summed E-state index contributed by atoms with van der Waals surface area (Å²) in [5, 5.41) is 0.563. The summed E-state index contributed by atoms with van der Waals surface area (Å²) in [5.41, 5.74) is 4.61. The number of aromatic nitrogens is 1. The molecule has 0 N–H and O–H groups in total. The number of hydrogen-bond acceptors (Lipinski definition) is 5. The fourth-order valence-corrected chi connectivity index (χ4v) is 5.22. The van der Waals surface area contributed by atoms with Crippen molar-refractivity contribution < 1.29 is 19.1 Å². The first kappa shape index (κ1) is 25.5. The number of hydrogen-bond donors (Lipinski definition) is 0. The molecule has 0 aliphatic carbocycles. The number of aryl methyl sites for hydroxylation is 3. The Morgan fingerprint density at radius 1 is 0.921 bits per heavy atom. The topological polar surface area (TPSA) is 68.6 Å². The van der Waals surface area contributed by atoms with Gasteiger partial charge in [0.05, 0.1) is 18.1 Å². The van der Waals surface area contributed by atoms with Gasteiger partial charge in [-0.1, -0.05) is 65.7 Å². The Morgan fingerprint density at radius 2 is 1.61 bits per heavy atom. The molecule has 0 bridgehead atoms. The molecule has 4 aromatic rings. The molecule has 1 aliphatic heterocycles. The lowest BCUT2D eigenvalue weighted by atomic mass is 10.1. The van der Waals surface area contributed by atoms with Crippen LogP contribution in [0.3, 0.4) is 0 Å². The molecule has 0 saturated carbocycles. The van der Waals surface area contributed by atoms with Crippen LogP contribution in [0.1, 0.15) is 33.5 Å². The molecule has 0 spiro atoms. The maximum absolute atomic E-state index is 13.1. The van der Waals surface area contributed by atoms with Crippen molar-refractivity contribution in [3.05, 3.63) is 106 Å². The van der Waals surface area contributed by atoms with Crippen molar-refractivity contribution in [2.24, 2.45) is 0 Å². The molecule has 0 radical (unpaired) electrons. The molecule has 1 aromatic heterocycles. The third-order valence-corrected chi connectivity index (χ3v) is 7.40. The number of ketones is 1. The Morgan fingerprint density at radius 3 is 2.34 bits per heavy atom. The van der Waals surface area contributed by atoms with E-state index in [9.17, 15) is 14.4 Å². The van der Waals surface area contributed by atoms with Crippen LogP contribution in [-0.2, 0) is 11.3 Å². The van der Waals surface area contributed by atoms with Gasteiger partial charge in [-0.3, -0.25) is 19.3 Å². The van der Waals surface area contributed by atoms with E-state index in [0.717, 1.165) is 57.4 Å². The number of rotatable bonds is 9. The summed E-state index contributed by atoms with van der Waals surface area (Å²) >= 11 is 0.871. The number of imide groups is 1. The monoisotopic (exact) mass is 524 g/mol. The Kier molecular flexibility index (Phi) is 7.47. The van der Waals surface area contributed by atoms with E-state index in [-0.39, 0.29) is 12.3 Å². The SMILES string of the molecule is Cc1ccc(OCCCn2cc(/C=C3\SC(=O)N(CC(=O)c4ccc(C)cc4)C3=O)c3ccccc32)cc1. The second kappa shape index (κ2) is 11.1. The molecule has 1 aliphatic rings. The number of thioether (sulfide) groups is 1. The van der Waals surface area contributed by atoms with Crippen LogP contribution in [-0.4, -0.2) is 39.5 Å². The van der Waals surface area contributed by atoms with E-state index in [1.807, 2.05) is 80.7 Å². The van der Waals surface area contributed by atoms with Gasteiger partial charge in [0, 0.05) is 34.8 Å². The van der Waals surface area contributed by atoms with Crippen LogP contribution in [0, 0.1) is 13.8 Å². The van der Waals surface area contributed by atoms with Gasteiger partial charge in [0.25, 0.3) is 11.1 Å².